The Morgan fingerprint density at radius 1 is 1.30 bits per heavy atom. The molecule has 0 heterocycles. The van der Waals surface area contributed by atoms with Crippen LogP contribution in [-0.2, 0) is 21.0 Å². The third-order valence-electron chi connectivity index (χ3n) is 3.17. The van der Waals surface area contributed by atoms with Gasteiger partial charge in [0.2, 0.25) is 5.91 Å². The van der Waals surface area contributed by atoms with Crippen molar-refractivity contribution in [3.63, 3.8) is 0 Å². The molecule has 1 aromatic rings. The van der Waals surface area contributed by atoms with E-state index in [-0.39, 0.29) is 19.9 Å². The number of rotatable bonds is 7. The Morgan fingerprint density at radius 2 is 2.00 bits per heavy atom. The molecular formula is C14H18BNO4. The second-order valence-electron chi connectivity index (χ2n) is 4.91. The van der Waals surface area contributed by atoms with E-state index in [1.165, 1.54) is 7.11 Å². The number of hydrogen-bond donors (Lipinski definition) is 0. The molecule has 6 heteroatoms. The normalized spacial score (nSPS) is 13.7. The van der Waals surface area contributed by atoms with Gasteiger partial charge in [-0.2, -0.15) is 0 Å². The molecule has 0 atom stereocenters. The van der Waals surface area contributed by atoms with Crippen LogP contribution in [0.4, 0.5) is 4.79 Å². The molecule has 20 heavy (non-hydrogen) atoms. The Balaban J connectivity index is 1.75. The maximum Gasteiger partial charge on any atom is 0.405 e. The minimum Gasteiger partial charge on any atom is -0.467 e. The maximum absolute atomic E-state index is 11.8. The van der Waals surface area contributed by atoms with Gasteiger partial charge in [0.25, 0.3) is 5.87 Å². The van der Waals surface area contributed by atoms with Gasteiger partial charge in [0, 0.05) is 6.42 Å². The van der Waals surface area contributed by atoms with Gasteiger partial charge in [-0.25, -0.2) is 0 Å². The molecule has 0 aromatic heterocycles. The number of benzene rings is 1. The predicted molar refractivity (Wildman–Crippen MR) is 75.0 cm³/mol. The molecule has 0 radical (unpaired) electrons. The van der Waals surface area contributed by atoms with Gasteiger partial charge < -0.3 is 4.74 Å². The molecule has 5 nitrogen and oxygen atoms in total. The lowest BCUT2D eigenvalue weighted by Gasteiger charge is -2.18. The summed E-state index contributed by atoms with van der Waals surface area (Å²) in [7, 11) is 1.21. The summed E-state index contributed by atoms with van der Waals surface area (Å²) in [4.78, 5) is 29.5. The molecule has 1 fully saturated rings. The van der Waals surface area contributed by atoms with Crippen LogP contribution in [0.2, 0.25) is 0 Å². The van der Waals surface area contributed by atoms with Crippen molar-refractivity contribution in [1.29, 1.82) is 0 Å². The predicted octanol–water partition coefficient (Wildman–Crippen LogP) is 1.86. The first-order chi connectivity index (χ1) is 9.69. The van der Waals surface area contributed by atoms with E-state index < -0.39 is 5.87 Å². The largest absolute Gasteiger partial charge is 0.467 e. The SMILES string of the molecule is CON(BC(=O)OCc1ccccc1)C(=O)CC1CC1. The van der Waals surface area contributed by atoms with E-state index in [4.69, 9.17) is 9.57 Å². The zero-order valence-electron chi connectivity index (χ0n) is 11.6. The lowest BCUT2D eigenvalue weighted by molar-refractivity contribution is -0.153. The smallest absolute Gasteiger partial charge is 0.405 e. The summed E-state index contributed by atoms with van der Waals surface area (Å²) in [6, 6.07) is 9.40. The van der Waals surface area contributed by atoms with E-state index in [0.717, 1.165) is 23.4 Å². The quantitative estimate of drug-likeness (QED) is 0.563. The van der Waals surface area contributed by atoms with E-state index >= 15 is 0 Å². The zero-order valence-corrected chi connectivity index (χ0v) is 11.6. The minimum absolute atomic E-state index is 0.160. The highest BCUT2D eigenvalue weighted by Gasteiger charge is 2.29. The highest BCUT2D eigenvalue weighted by molar-refractivity contribution is 6.71. The third-order valence-corrected chi connectivity index (χ3v) is 3.17. The lowest BCUT2D eigenvalue weighted by atomic mass is 9.94. The van der Waals surface area contributed by atoms with Crippen LogP contribution in [0.25, 0.3) is 0 Å². The zero-order chi connectivity index (χ0) is 14.4. The van der Waals surface area contributed by atoms with Gasteiger partial charge in [0.05, 0.1) is 7.11 Å². The van der Waals surface area contributed by atoms with Crippen LogP contribution in [0.5, 0.6) is 0 Å². The standard InChI is InChI=1S/C14H18BNO4/c1-19-16(13(17)9-11-7-8-11)15-14(18)20-10-12-5-3-2-4-6-12/h2-6,11,15H,7-10H2,1H3. The van der Waals surface area contributed by atoms with Crippen LogP contribution in [-0.4, -0.2) is 31.3 Å². The number of carbonyl (C=O) groups is 2. The van der Waals surface area contributed by atoms with Gasteiger partial charge in [-0.3, -0.25) is 19.4 Å². The molecule has 106 valence electrons. The van der Waals surface area contributed by atoms with Gasteiger partial charge >= 0.3 is 7.41 Å². The Morgan fingerprint density at radius 3 is 2.60 bits per heavy atom. The summed E-state index contributed by atoms with van der Waals surface area (Å²) in [5.41, 5.74) is 0.911. The first kappa shape index (κ1) is 14.6. The van der Waals surface area contributed by atoms with Crippen molar-refractivity contribution in [2.75, 3.05) is 7.11 Å². The summed E-state index contributed by atoms with van der Waals surface area (Å²) in [5, 5.41) is 0. The van der Waals surface area contributed by atoms with Gasteiger partial charge in [-0.1, -0.05) is 30.3 Å². The number of nitrogens with zero attached hydrogens (tertiary/aromatic N) is 1. The maximum atomic E-state index is 11.8. The number of carbonyl (C=O) groups excluding carboxylic acids is 2. The first-order valence-electron chi connectivity index (χ1n) is 6.73. The van der Waals surface area contributed by atoms with Crippen LogP contribution in [0, 0.1) is 5.92 Å². The molecule has 0 aliphatic heterocycles. The summed E-state index contributed by atoms with van der Waals surface area (Å²) >= 11 is 0. The second-order valence-corrected chi connectivity index (χ2v) is 4.91. The molecule has 1 amide bonds. The molecule has 0 N–H and O–H groups in total. The molecule has 1 aliphatic carbocycles. The Hall–Kier alpha value is -1.82. The molecular weight excluding hydrogens is 257 g/mol. The molecule has 0 saturated heterocycles. The Bertz CT molecular complexity index is 462. The van der Waals surface area contributed by atoms with E-state index in [0.29, 0.717) is 12.3 Å². The van der Waals surface area contributed by atoms with Crippen molar-refractivity contribution in [3.8, 4) is 0 Å². The van der Waals surface area contributed by atoms with Crippen LogP contribution in [0.1, 0.15) is 24.8 Å². The van der Waals surface area contributed by atoms with E-state index in [9.17, 15) is 9.59 Å². The average molecular weight is 275 g/mol. The lowest BCUT2D eigenvalue weighted by Crippen LogP contribution is -2.38. The summed E-state index contributed by atoms with van der Waals surface area (Å²) < 4.78 is 5.12. The van der Waals surface area contributed by atoms with Gasteiger partial charge in [0.15, 0.2) is 0 Å². The van der Waals surface area contributed by atoms with Gasteiger partial charge in [-0.15, -0.1) is 0 Å². The van der Waals surface area contributed by atoms with Crippen LogP contribution in [0.15, 0.2) is 30.3 Å². The molecule has 0 bridgehead atoms. The fraction of sp³-hybridized carbons (Fsp3) is 0.429. The Kier molecular flexibility index (Phi) is 5.18. The summed E-state index contributed by atoms with van der Waals surface area (Å²) in [6.45, 7) is 0.202. The number of amides is 1. The summed E-state index contributed by atoms with van der Waals surface area (Å²) in [6.07, 6.45) is 2.61. The summed E-state index contributed by atoms with van der Waals surface area (Å²) in [5.74, 6) is -0.174. The first-order valence-corrected chi connectivity index (χ1v) is 6.73. The highest BCUT2D eigenvalue weighted by Crippen LogP contribution is 2.32. The molecule has 2 rings (SSSR count). The van der Waals surface area contributed by atoms with Crippen molar-refractivity contribution in [2.24, 2.45) is 5.92 Å². The van der Waals surface area contributed by atoms with E-state index in [1.807, 2.05) is 30.3 Å². The van der Waals surface area contributed by atoms with Gasteiger partial charge in [0.1, 0.15) is 6.61 Å². The molecule has 0 spiro atoms. The number of hydrogen-bond acceptors (Lipinski definition) is 4. The van der Waals surface area contributed by atoms with Crippen molar-refractivity contribution in [2.45, 2.75) is 25.9 Å². The van der Waals surface area contributed by atoms with Crippen LogP contribution < -0.4 is 0 Å². The van der Waals surface area contributed by atoms with Crippen molar-refractivity contribution < 1.29 is 19.2 Å². The number of ether oxygens (including phenoxy) is 1. The number of hydroxylamine groups is 1. The molecule has 1 aromatic carbocycles. The van der Waals surface area contributed by atoms with Crippen molar-refractivity contribution in [3.05, 3.63) is 35.9 Å². The fourth-order valence-electron chi connectivity index (χ4n) is 1.83. The molecule has 1 saturated carbocycles. The molecule has 0 unspecified atom stereocenters. The van der Waals surface area contributed by atoms with E-state index in [1.54, 1.807) is 0 Å². The second kappa shape index (κ2) is 7.10. The van der Waals surface area contributed by atoms with E-state index in [2.05, 4.69) is 0 Å². The average Bonchev–Trinajstić information content (AvgIpc) is 3.27. The molecule has 1 aliphatic rings. The van der Waals surface area contributed by atoms with Crippen LogP contribution >= 0.6 is 0 Å². The van der Waals surface area contributed by atoms with Crippen LogP contribution in [0.3, 0.4) is 0 Å². The monoisotopic (exact) mass is 275 g/mol. The highest BCUT2D eigenvalue weighted by atomic mass is 16.7. The fourth-order valence-corrected chi connectivity index (χ4v) is 1.83. The third kappa shape index (κ3) is 4.70. The van der Waals surface area contributed by atoms with Crippen molar-refractivity contribution >= 4 is 19.2 Å². The Labute approximate surface area is 119 Å². The topological polar surface area (TPSA) is 55.8 Å². The minimum atomic E-state index is -0.472. The van der Waals surface area contributed by atoms with Gasteiger partial charge in [-0.05, 0) is 24.3 Å². The van der Waals surface area contributed by atoms with Crippen molar-refractivity contribution in [1.82, 2.24) is 4.97 Å².